The van der Waals surface area contributed by atoms with Crippen LogP contribution in [0.2, 0.25) is 0 Å². The molecule has 1 atom stereocenters. The summed E-state index contributed by atoms with van der Waals surface area (Å²) in [5, 5.41) is 2.97. The fraction of sp³-hybridized carbons (Fsp3) is 0.278. The maximum absolute atomic E-state index is 12.3. The molecule has 132 valence electrons. The summed E-state index contributed by atoms with van der Waals surface area (Å²) in [5.41, 5.74) is 9.26. The second-order valence-corrected chi connectivity index (χ2v) is 5.69. The second-order valence-electron chi connectivity index (χ2n) is 5.69. The highest BCUT2D eigenvalue weighted by Gasteiger charge is 2.16. The molecule has 2 aromatic rings. The number of carbonyl (C=O) groups is 1. The largest absolute Gasteiger partial charge is 0.398 e. The lowest BCUT2D eigenvalue weighted by atomic mass is 10.0. The van der Waals surface area contributed by atoms with Crippen LogP contribution in [-0.4, -0.2) is 31.4 Å². The van der Waals surface area contributed by atoms with Crippen LogP contribution in [-0.2, 0) is 0 Å². The van der Waals surface area contributed by atoms with Crippen LogP contribution in [0.1, 0.15) is 27.5 Å². The van der Waals surface area contributed by atoms with Gasteiger partial charge in [0.2, 0.25) is 0 Å². The number of hydrogen-bond acceptors (Lipinski definition) is 3. The van der Waals surface area contributed by atoms with E-state index in [2.05, 4.69) is 41.4 Å². The maximum Gasteiger partial charge on any atom is 0.253 e. The van der Waals surface area contributed by atoms with Gasteiger partial charge in [-0.05, 0) is 38.7 Å². The van der Waals surface area contributed by atoms with Crippen molar-refractivity contribution in [1.29, 1.82) is 0 Å². The van der Waals surface area contributed by atoms with Gasteiger partial charge in [0.15, 0.2) is 0 Å². The van der Waals surface area contributed by atoms with E-state index in [1.807, 2.05) is 26.2 Å². The Balaban J connectivity index is 0.00000264. The molecule has 0 radical (unpaired) electrons. The van der Waals surface area contributed by atoms with Crippen molar-refractivity contribution in [3.8, 4) is 0 Å². The van der Waals surface area contributed by atoms with Gasteiger partial charge < -0.3 is 16.0 Å². The minimum atomic E-state index is -0.142. The Bertz CT molecular complexity index is 645. The van der Waals surface area contributed by atoms with E-state index in [0.29, 0.717) is 17.8 Å². The van der Waals surface area contributed by atoms with Crippen molar-refractivity contribution in [3.05, 3.63) is 65.2 Å². The summed E-state index contributed by atoms with van der Waals surface area (Å²) < 4.78 is 0. The summed E-state index contributed by atoms with van der Waals surface area (Å²) in [6.45, 7) is 2.59. The smallest absolute Gasteiger partial charge is 0.253 e. The zero-order valence-electron chi connectivity index (χ0n) is 14.2. The fourth-order valence-electron chi connectivity index (χ4n) is 2.38. The van der Waals surface area contributed by atoms with Gasteiger partial charge in [0, 0.05) is 12.2 Å². The van der Waals surface area contributed by atoms with Crippen LogP contribution < -0.4 is 11.1 Å². The molecule has 0 fully saturated rings. The van der Waals surface area contributed by atoms with E-state index in [-0.39, 0.29) is 36.8 Å². The van der Waals surface area contributed by atoms with Gasteiger partial charge in [-0.2, -0.15) is 0 Å². The van der Waals surface area contributed by atoms with E-state index < -0.39 is 0 Å². The standard InChI is InChI=1S/C18H23N3O.2ClH/c1-13-8-10-14(11-9-13)17(21(2)3)12-20-18(22)15-6-4-5-7-16(15)19;;/h4-11,17H,12,19H2,1-3H3,(H,20,22);2*1H. The highest BCUT2D eigenvalue weighted by molar-refractivity contribution is 5.99. The fourth-order valence-corrected chi connectivity index (χ4v) is 2.38. The number of likely N-dealkylation sites (N-methyl/N-ethyl adjacent to an activating group) is 1. The first-order valence-corrected chi connectivity index (χ1v) is 7.34. The number of hydrogen-bond donors (Lipinski definition) is 2. The molecule has 1 unspecified atom stereocenters. The normalized spacial score (nSPS) is 11.2. The zero-order valence-corrected chi connectivity index (χ0v) is 15.8. The van der Waals surface area contributed by atoms with Gasteiger partial charge in [-0.3, -0.25) is 4.79 Å². The monoisotopic (exact) mass is 369 g/mol. The minimum absolute atomic E-state index is 0. The Kier molecular flexibility index (Phi) is 9.44. The Morgan fingerprint density at radius 2 is 1.67 bits per heavy atom. The highest BCUT2D eigenvalue weighted by Crippen LogP contribution is 2.18. The molecule has 0 spiro atoms. The molecule has 0 saturated heterocycles. The van der Waals surface area contributed by atoms with Crippen LogP contribution in [0.4, 0.5) is 5.69 Å². The van der Waals surface area contributed by atoms with E-state index in [9.17, 15) is 4.79 Å². The molecule has 1 amide bonds. The Hall–Kier alpha value is -1.75. The number of rotatable bonds is 5. The van der Waals surface area contributed by atoms with Crippen molar-refractivity contribution in [2.24, 2.45) is 0 Å². The second kappa shape index (κ2) is 10.2. The molecule has 3 N–H and O–H groups in total. The van der Waals surface area contributed by atoms with Crippen molar-refractivity contribution in [3.63, 3.8) is 0 Å². The molecular weight excluding hydrogens is 345 g/mol. The van der Waals surface area contributed by atoms with Gasteiger partial charge in [0.25, 0.3) is 5.91 Å². The highest BCUT2D eigenvalue weighted by atomic mass is 35.5. The zero-order chi connectivity index (χ0) is 16.1. The Morgan fingerprint density at radius 3 is 2.21 bits per heavy atom. The number of nitrogens with one attached hydrogen (secondary N) is 1. The lowest BCUT2D eigenvalue weighted by Gasteiger charge is -2.25. The first-order chi connectivity index (χ1) is 10.5. The van der Waals surface area contributed by atoms with Crippen LogP contribution in [0, 0.1) is 6.92 Å². The van der Waals surface area contributed by atoms with Crippen LogP contribution in [0.5, 0.6) is 0 Å². The van der Waals surface area contributed by atoms with E-state index >= 15 is 0 Å². The van der Waals surface area contributed by atoms with E-state index in [0.717, 1.165) is 0 Å². The third kappa shape index (κ3) is 5.71. The lowest BCUT2D eigenvalue weighted by molar-refractivity contribution is 0.0943. The van der Waals surface area contributed by atoms with Crippen molar-refractivity contribution in [2.75, 3.05) is 26.4 Å². The summed E-state index contributed by atoms with van der Waals surface area (Å²) in [7, 11) is 4.01. The molecule has 6 heteroatoms. The number of nitrogen functional groups attached to an aromatic ring is 1. The maximum atomic E-state index is 12.3. The average molecular weight is 370 g/mol. The number of halogens is 2. The topological polar surface area (TPSA) is 58.4 Å². The van der Waals surface area contributed by atoms with Crippen LogP contribution in [0.15, 0.2) is 48.5 Å². The average Bonchev–Trinajstić information content (AvgIpc) is 2.49. The molecule has 0 aliphatic carbocycles. The van der Waals surface area contributed by atoms with Crippen molar-refractivity contribution >= 4 is 36.4 Å². The van der Waals surface area contributed by atoms with E-state index in [1.165, 1.54) is 11.1 Å². The minimum Gasteiger partial charge on any atom is -0.398 e. The number of para-hydroxylation sites is 1. The molecular formula is C18H25Cl2N3O. The predicted octanol–water partition coefficient (Wildman–Crippen LogP) is 3.45. The molecule has 0 aliphatic rings. The van der Waals surface area contributed by atoms with Gasteiger partial charge in [0.1, 0.15) is 0 Å². The molecule has 2 aromatic carbocycles. The quantitative estimate of drug-likeness (QED) is 0.793. The lowest BCUT2D eigenvalue weighted by Crippen LogP contribution is -2.34. The predicted molar refractivity (Wildman–Crippen MR) is 105 cm³/mol. The van der Waals surface area contributed by atoms with Crippen molar-refractivity contribution in [1.82, 2.24) is 10.2 Å². The summed E-state index contributed by atoms with van der Waals surface area (Å²) in [6.07, 6.45) is 0. The number of nitrogens with zero attached hydrogens (tertiary/aromatic N) is 1. The molecule has 2 rings (SSSR count). The summed E-state index contributed by atoms with van der Waals surface area (Å²) in [5.74, 6) is -0.142. The van der Waals surface area contributed by atoms with Crippen LogP contribution in [0.3, 0.4) is 0 Å². The van der Waals surface area contributed by atoms with Gasteiger partial charge in [-0.1, -0.05) is 42.0 Å². The van der Waals surface area contributed by atoms with Crippen LogP contribution >= 0.6 is 24.8 Å². The summed E-state index contributed by atoms with van der Waals surface area (Å²) in [4.78, 5) is 14.4. The van der Waals surface area contributed by atoms with Crippen molar-refractivity contribution in [2.45, 2.75) is 13.0 Å². The Labute approximate surface area is 156 Å². The van der Waals surface area contributed by atoms with Gasteiger partial charge in [0.05, 0.1) is 11.6 Å². The molecule has 0 saturated carbocycles. The van der Waals surface area contributed by atoms with Crippen molar-refractivity contribution < 1.29 is 4.79 Å². The number of benzene rings is 2. The van der Waals surface area contributed by atoms with Gasteiger partial charge >= 0.3 is 0 Å². The van der Waals surface area contributed by atoms with Gasteiger partial charge in [-0.25, -0.2) is 0 Å². The summed E-state index contributed by atoms with van der Waals surface area (Å²) in [6, 6.07) is 15.6. The number of anilines is 1. The van der Waals surface area contributed by atoms with E-state index in [4.69, 9.17) is 5.73 Å². The molecule has 0 bridgehead atoms. The first kappa shape index (κ1) is 22.2. The van der Waals surface area contributed by atoms with Gasteiger partial charge in [-0.15, -0.1) is 24.8 Å². The molecule has 0 aromatic heterocycles. The molecule has 0 heterocycles. The molecule has 24 heavy (non-hydrogen) atoms. The first-order valence-electron chi connectivity index (χ1n) is 7.34. The number of amides is 1. The van der Waals surface area contributed by atoms with E-state index in [1.54, 1.807) is 12.1 Å². The number of carbonyl (C=O) groups excluding carboxylic acids is 1. The van der Waals surface area contributed by atoms with Crippen LogP contribution in [0.25, 0.3) is 0 Å². The molecule has 0 aliphatic heterocycles. The molecule has 4 nitrogen and oxygen atoms in total. The number of nitrogens with two attached hydrogens (primary N) is 1. The third-order valence-corrected chi connectivity index (χ3v) is 3.75. The Morgan fingerprint density at radius 1 is 1.08 bits per heavy atom. The summed E-state index contributed by atoms with van der Waals surface area (Å²) >= 11 is 0. The number of aryl methyl sites for hydroxylation is 1. The third-order valence-electron chi connectivity index (χ3n) is 3.75. The SMILES string of the molecule is Cc1ccc(C(CNC(=O)c2ccccc2N)N(C)C)cc1.Cl.Cl.